The van der Waals surface area contributed by atoms with E-state index in [0.29, 0.717) is 18.8 Å². The van der Waals surface area contributed by atoms with Gasteiger partial charge in [0, 0.05) is 30.9 Å². The third-order valence-electron chi connectivity index (χ3n) is 6.04. The normalized spacial score (nSPS) is 16.2. The van der Waals surface area contributed by atoms with Crippen LogP contribution in [0.25, 0.3) is 5.65 Å². The van der Waals surface area contributed by atoms with Gasteiger partial charge >= 0.3 is 0 Å². The maximum Gasteiger partial charge on any atom is 0.291 e. The number of amides is 1. The number of benzene rings is 1. The first-order chi connectivity index (χ1) is 14.2. The van der Waals surface area contributed by atoms with E-state index in [1.54, 1.807) is 0 Å². The van der Waals surface area contributed by atoms with Crippen LogP contribution in [0.2, 0.25) is 0 Å². The van der Waals surface area contributed by atoms with E-state index < -0.39 is 0 Å². The lowest BCUT2D eigenvalue weighted by atomic mass is 9.70. The molecule has 1 saturated heterocycles. The maximum atomic E-state index is 12.7. The SMILES string of the molecule is Cc1cccn2cc(C3(c4ccccc4)CCN(C(=O)c4cnco4)CC3)nc12. The largest absolute Gasteiger partial charge is 0.438 e. The number of carbonyl (C=O) groups excluding carboxylic acids is 1. The minimum Gasteiger partial charge on any atom is -0.438 e. The number of pyridine rings is 1. The van der Waals surface area contributed by atoms with Crippen LogP contribution in [0.4, 0.5) is 0 Å². The molecule has 4 heterocycles. The summed E-state index contributed by atoms with van der Waals surface area (Å²) in [5.41, 5.74) is 4.22. The van der Waals surface area contributed by atoms with Gasteiger partial charge in [0.05, 0.1) is 11.9 Å². The molecule has 0 atom stereocenters. The molecule has 6 nitrogen and oxygen atoms in total. The Morgan fingerprint density at radius 3 is 2.59 bits per heavy atom. The zero-order chi connectivity index (χ0) is 19.8. The molecule has 3 aromatic heterocycles. The molecule has 4 aromatic rings. The number of piperidine rings is 1. The minimum atomic E-state index is -0.224. The van der Waals surface area contributed by atoms with E-state index in [0.717, 1.165) is 29.7 Å². The van der Waals surface area contributed by atoms with Gasteiger partial charge in [-0.3, -0.25) is 4.79 Å². The summed E-state index contributed by atoms with van der Waals surface area (Å²) in [6, 6.07) is 14.7. The molecule has 0 N–H and O–H groups in total. The van der Waals surface area contributed by atoms with Crippen LogP contribution in [-0.4, -0.2) is 38.3 Å². The molecule has 1 aliphatic rings. The molecular weight excluding hydrogens is 364 g/mol. The number of nitrogens with zero attached hydrogens (tertiary/aromatic N) is 4. The van der Waals surface area contributed by atoms with Gasteiger partial charge in [0.15, 0.2) is 6.39 Å². The third kappa shape index (κ3) is 2.92. The molecular formula is C23H22N4O2. The van der Waals surface area contributed by atoms with Gasteiger partial charge in [-0.25, -0.2) is 9.97 Å². The van der Waals surface area contributed by atoms with Gasteiger partial charge in [0.2, 0.25) is 5.76 Å². The number of rotatable bonds is 3. The molecule has 0 bridgehead atoms. The molecule has 1 fully saturated rings. The van der Waals surface area contributed by atoms with Crippen LogP contribution in [0.1, 0.15) is 40.2 Å². The van der Waals surface area contributed by atoms with Crippen LogP contribution in [0.15, 0.2) is 71.9 Å². The summed E-state index contributed by atoms with van der Waals surface area (Å²) < 4.78 is 7.30. The molecule has 1 aliphatic heterocycles. The van der Waals surface area contributed by atoms with Crippen molar-refractivity contribution in [3.63, 3.8) is 0 Å². The molecule has 146 valence electrons. The molecule has 29 heavy (non-hydrogen) atoms. The van der Waals surface area contributed by atoms with Crippen molar-refractivity contribution >= 4 is 11.6 Å². The second-order valence-corrected chi connectivity index (χ2v) is 7.65. The Morgan fingerprint density at radius 1 is 1.10 bits per heavy atom. The molecule has 0 spiro atoms. The summed E-state index contributed by atoms with van der Waals surface area (Å²) in [7, 11) is 0. The lowest BCUT2D eigenvalue weighted by Crippen LogP contribution is -2.46. The molecule has 0 saturated carbocycles. The number of oxazole rings is 1. The van der Waals surface area contributed by atoms with Crippen molar-refractivity contribution in [3.8, 4) is 0 Å². The Kier molecular flexibility index (Phi) is 4.19. The van der Waals surface area contributed by atoms with Crippen LogP contribution in [0.5, 0.6) is 0 Å². The zero-order valence-corrected chi connectivity index (χ0v) is 16.3. The fraction of sp³-hybridized carbons (Fsp3) is 0.261. The number of aromatic nitrogens is 3. The van der Waals surface area contributed by atoms with Gasteiger partial charge < -0.3 is 13.7 Å². The van der Waals surface area contributed by atoms with Crippen LogP contribution in [-0.2, 0) is 5.41 Å². The van der Waals surface area contributed by atoms with Gasteiger partial charge in [-0.1, -0.05) is 36.4 Å². The Bertz CT molecular complexity index is 1140. The van der Waals surface area contributed by atoms with Crippen molar-refractivity contribution in [2.45, 2.75) is 25.2 Å². The van der Waals surface area contributed by atoms with Crippen molar-refractivity contribution in [1.82, 2.24) is 19.3 Å². The van der Waals surface area contributed by atoms with E-state index in [2.05, 4.69) is 52.8 Å². The molecule has 1 aromatic carbocycles. The molecule has 1 amide bonds. The second kappa shape index (κ2) is 6.88. The van der Waals surface area contributed by atoms with Crippen molar-refractivity contribution in [2.75, 3.05) is 13.1 Å². The van der Waals surface area contributed by atoms with Crippen LogP contribution >= 0.6 is 0 Å². The highest BCUT2D eigenvalue weighted by Crippen LogP contribution is 2.41. The monoisotopic (exact) mass is 386 g/mol. The number of carbonyl (C=O) groups is 1. The number of likely N-dealkylation sites (tertiary alicyclic amines) is 1. The Balaban J connectivity index is 1.53. The highest BCUT2D eigenvalue weighted by molar-refractivity contribution is 5.91. The summed E-state index contributed by atoms with van der Waals surface area (Å²) in [6.45, 7) is 3.36. The Morgan fingerprint density at radius 2 is 1.90 bits per heavy atom. The van der Waals surface area contributed by atoms with Gasteiger partial charge in [0.25, 0.3) is 5.91 Å². The van der Waals surface area contributed by atoms with Gasteiger partial charge in [-0.05, 0) is 37.0 Å². The first kappa shape index (κ1) is 17.7. The lowest BCUT2D eigenvalue weighted by molar-refractivity contribution is 0.0652. The number of aryl methyl sites for hydroxylation is 1. The lowest BCUT2D eigenvalue weighted by Gasteiger charge is -2.41. The van der Waals surface area contributed by atoms with Crippen molar-refractivity contribution < 1.29 is 9.21 Å². The van der Waals surface area contributed by atoms with Crippen molar-refractivity contribution in [3.05, 3.63) is 90.0 Å². The summed E-state index contributed by atoms with van der Waals surface area (Å²) in [4.78, 5) is 23.5. The number of fused-ring (bicyclic) bond motifs is 1. The van der Waals surface area contributed by atoms with Gasteiger partial charge in [-0.15, -0.1) is 0 Å². The first-order valence-electron chi connectivity index (χ1n) is 9.85. The molecule has 5 rings (SSSR count). The maximum absolute atomic E-state index is 12.7. The van der Waals surface area contributed by atoms with E-state index in [1.807, 2.05) is 23.2 Å². The number of imidazole rings is 1. The number of hydrogen-bond acceptors (Lipinski definition) is 4. The Labute approximate surface area is 168 Å². The van der Waals surface area contributed by atoms with Gasteiger partial charge in [0.1, 0.15) is 5.65 Å². The standard InChI is InChI=1S/C23H22N4O2/c1-17-6-5-11-27-15-20(25-21(17)27)23(18-7-3-2-4-8-18)9-12-26(13-10-23)22(28)19-14-24-16-29-19/h2-8,11,14-16H,9-10,12-13H2,1H3. The third-order valence-corrected chi connectivity index (χ3v) is 6.04. The molecule has 0 aliphatic carbocycles. The summed E-state index contributed by atoms with van der Waals surface area (Å²) in [5, 5.41) is 0. The topological polar surface area (TPSA) is 63.6 Å². The first-order valence-corrected chi connectivity index (χ1v) is 9.85. The minimum absolute atomic E-state index is 0.102. The molecule has 0 unspecified atom stereocenters. The second-order valence-electron chi connectivity index (χ2n) is 7.65. The van der Waals surface area contributed by atoms with Crippen molar-refractivity contribution in [2.24, 2.45) is 0 Å². The predicted molar refractivity (Wildman–Crippen MR) is 109 cm³/mol. The van der Waals surface area contributed by atoms with Gasteiger partial charge in [-0.2, -0.15) is 0 Å². The summed E-state index contributed by atoms with van der Waals surface area (Å²) in [6.07, 6.45) is 8.57. The number of hydrogen-bond donors (Lipinski definition) is 0. The van der Waals surface area contributed by atoms with Crippen LogP contribution in [0, 0.1) is 6.92 Å². The fourth-order valence-electron chi connectivity index (χ4n) is 4.40. The van der Waals surface area contributed by atoms with E-state index in [4.69, 9.17) is 9.40 Å². The zero-order valence-electron chi connectivity index (χ0n) is 16.3. The van der Waals surface area contributed by atoms with Crippen LogP contribution in [0.3, 0.4) is 0 Å². The highest BCUT2D eigenvalue weighted by atomic mass is 16.3. The average molecular weight is 386 g/mol. The summed E-state index contributed by atoms with van der Waals surface area (Å²) >= 11 is 0. The van der Waals surface area contributed by atoms with E-state index in [-0.39, 0.29) is 11.3 Å². The van der Waals surface area contributed by atoms with E-state index in [9.17, 15) is 4.79 Å². The predicted octanol–water partition coefficient (Wildman–Crippen LogP) is 3.85. The van der Waals surface area contributed by atoms with E-state index >= 15 is 0 Å². The molecule has 6 heteroatoms. The Hall–Kier alpha value is -3.41. The quantitative estimate of drug-likeness (QED) is 0.536. The summed E-state index contributed by atoms with van der Waals surface area (Å²) in [5.74, 6) is 0.190. The van der Waals surface area contributed by atoms with Crippen molar-refractivity contribution in [1.29, 1.82) is 0 Å². The molecule has 0 radical (unpaired) electrons. The highest BCUT2D eigenvalue weighted by Gasteiger charge is 2.41. The van der Waals surface area contributed by atoms with E-state index in [1.165, 1.54) is 18.2 Å². The van der Waals surface area contributed by atoms with Crippen LogP contribution < -0.4 is 0 Å². The smallest absolute Gasteiger partial charge is 0.291 e. The fourth-order valence-corrected chi connectivity index (χ4v) is 4.40. The average Bonchev–Trinajstić information content (AvgIpc) is 3.45.